The zero-order valence-corrected chi connectivity index (χ0v) is 12.8. The number of benzene rings is 1. The summed E-state index contributed by atoms with van der Waals surface area (Å²) in [5.74, 6) is 0.659. The molecule has 1 aromatic rings. The number of hydrogen-bond donors (Lipinski definition) is 0. The predicted molar refractivity (Wildman–Crippen MR) is 79.6 cm³/mol. The molecule has 0 heterocycles. The third-order valence-electron chi connectivity index (χ3n) is 1.47. The van der Waals surface area contributed by atoms with Gasteiger partial charge in [0.15, 0.2) is 0 Å². The van der Waals surface area contributed by atoms with E-state index in [9.17, 15) is 0 Å². The molecule has 0 unspecified atom stereocenters. The molecule has 0 aromatic heterocycles. The minimum Gasteiger partial charge on any atom is -0.130 e. The van der Waals surface area contributed by atoms with E-state index in [4.69, 9.17) is 0 Å². The summed E-state index contributed by atoms with van der Waals surface area (Å²) in [7, 11) is 0. The highest BCUT2D eigenvalue weighted by Gasteiger charge is 1.93. The van der Waals surface area contributed by atoms with Crippen LogP contribution in [-0.4, -0.2) is 6.38 Å². The fourth-order valence-electron chi connectivity index (χ4n) is 0.838. The number of alkyl halides is 1. The van der Waals surface area contributed by atoms with Gasteiger partial charge in [0.25, 0.3) is 0 Å². The summed E-state index contributed by atoms with van der Waals surface area (Å²) in [4.78, 5) is 0. The first-order valence-electron chi connectivity index (χ1n) is 6.15. The average molecular weight is 245 g/mol. The summed E-state index contributed by atoms with van der Waals surface area (Å²) in [5.41, 5.74) is 1.41. The molecule has 0 radical (unpaired) electrons. The molecule has 96 valence electrons. The van der Waals surface area contributed by atoms with Gasteiger partial charge in [-0.1, -0.05) is 78.3 Å². The molecule has 1 aromatic carbocycles. The van der Waals surface area contributed by atoms with Crippen LogP contribution >= 0.6 is 11.6 Å². The van der Waals surface area contributed by atoms with Crippen LogP contribution in [-0.2, 0) is 0 Å². The lowest BCUT2D eigenvalue weighted by Crippen LogP contribution is -1.83. The lowest BCUT2D eigenvalue weighted by molar-refractivity contribution is 0.867. The predicted octanol–water partition coefficient (Wildman–Crippen LogP) is 6.11. The average Bonchev–Trinajstić information content (AvgIpc) is 2.36. The molecular weight excluding hydrogens is 216 g/mol. The maximum atomic E-state index is 4.64. The first kappa shape index (κ1) is 20.9. The van der Waals surface area contributed by atoms with E-state index in [-0.39, 0.29) is 0 Å². The van der Waals surface area contributed by atoms with Gasteiger partial charge in [0, 0.05) is 6.38 Å². The summed E-state index contributed by atoms with van der Waals surface area (Å²) >= 11 is 4.64. The largest absolute Gasteiger partial charge is 0.130 e. The third-order valence-corrected chi connectivity index (χ3v) is 1.47. The van der Waals surface area contributed by atoms with Crippen LogP contribution in [0.4, 0.5) is 0 Å². The van der Waals surface area contributed by atoms with Gasteiger partial charge >= 0.3 is 0 Å². The smallest absolute Gasteiger partial charge is 0.0108 e. The van der Waals surface area contributed by atoms with E-state index in [1.807, 2.05) is 19.9 Å². The first-order chi connectivity index (χ1) is 7.72. The van der Waals surface area contributed by atoms with E-state index < -0.39 is 0 Å². The molecule has 0 aliphatic rings. The SMILES string of the molecule is CC.CC(C)c1ccccc1.CCC.CCl. The van der Waals surface area contributed by atoms with Crippen LogP contribution in [0.25, 0.3) is 0 Å². The fraction of sp³-hybridized carbons (Fsp3) is 0.600. The van der Waals surface area contributed by atoms with Crippen molar-refractivity contribution in [3.05, 3.63) is 35.9 Å². The van der Waals surface area contributed by atoms with Gasteiger partial charge in [0.1, 0.15) is 0 Å². The van der Waals surface area contributed by atoms with Crippen molar-refractivity contribution in [2.24, 2.45) is 0 Å². The Morgan fingerprint density at radius 3 is 1.44 bits per heavy atom. The molecule has 0 spiro atoms. The molecule has 0 nitrogen and oxygen atoms in total. The summed E-state index contributed by atoms with van der Waals surface area (Å²) in [6, 6.07) is 10.5. The number of rotatable bonds is 1. The molecule has 1 heteroatoms. The molecular formula is C15H29Cl. The molecule has 1 rings (SSSR count). The van der Waals surface area contributed by atoms with Crippen molar-refractivity contribution in [3.63, 3.8) is 0 Å². The van der Waals surface area contributed by atoms with Crippen LogP contribution < -0.4 is 0 Å². The topological polar surface area (TPSA) is 0 Å². The quantitative estimate of drug-likeness (QED) is 0.523. The summed E-state index contributed by atoms with van der Waals surface area (Å²) < 4.78 is 0. The van der Waals surface area contributed by atoms with E-state index in [0.29, 0.717) is 5.92 Å². The standard InChI is InChI=1S/C9H12.C3H8.C2H6.CH3Cl/c1-8(2)9-6-4-3-5-7-9;1-3-2;2*1-2/h3-8H,1-2H3;3H2,1-2H3;1-2H3;1H3. The second kappa shape index (κ2) is 20.0. The molecule has 0 aliphatic heterocycles. The van der Waals surface area contributed by atoms with Gasteiger partial charge < -0.3 is 0 Å². The third kappa shape index (κ3) is 16.0. The summed E-state index contributed by atoms with van der Waals surface area (Å²) in [5, 5.41) is 0. The Hall–Kier alpha value is -0.490. The van der Waals surface area contributed by atoms with Crippen molar-refractivity contribution in [3.8, 4) is 0 Å². The molecule has 0 N–H and O–H groups in total. The van der Waals surface area contributed by atoms with Gasteiger partial charge in [0.05, 0.1) is 0 Å². The van der Waals surface area contributed by atoms with Gasteiger partial charge in [-0.25, -0.2) is 0 Å². The van der Waals surface area contributed by atoms with Gasteiger partial charge in [-0.2, -0.15) is 0 Å². The van der Waals surface area contributed by atoms with Gasteiger partial charge in [-0.3, -0.25) is 0 Å². The molecule has 0 saturated carbocycles. The van der Waals surface area contributed by atoms with Gasteiger partial charge in [0.2, 0.25) is 0 Å². The number of halogens is 1. The molecule has 16 heavy (non-hydrogen) atoms. The Labute approximate surface area is 108 Å². The first-order valence-corrected chi connectivity index (χ1v) is 6.90. The van der Waals surface area contributed by atoms with Crippen LogP contribution in [0.1, 0.15) is 59.4 Å². The lowest BCUT2D eigenvalue weighted by Gasteiger charge is -2.01. The highest BCUT2D eigenvalue weighted by atomic mass is 35.5. The zero-order chi connectivity index (χ0) is 13.4. The minimum atomic E-state index is 0.659. The molecule has 0 fully saturated rings. The van der Waals surface area contributed by atoms with Crippen molar-refractivity contribution in [1.82, 2.24) is 0 Å². The van der Waals surface area contributed by atoms with E-state index in [0.717, 1.165) is 0 Å². The van der Waals surface area contributed by atoms with Crippen LogP contribution in [0.15, 0.2) is 30.3 Å². The summed E-state index contributed by atoms with van der Waals surface area (Å²) in [6.07, 6.45) is 2.72. The van der Waals surface area contributed by atoms with Crippen molar-refractivity contribution in [2.45, 2.75) is 53.9 Å². The van der Waals surface area contributed by atoms with Crippen molar-refractivity contribution in [2.75, 3.05) is 6.38 Å². The zero-order valence-electron chi connectivity index (χ0n) is 12.0. The molecule has 0 saturated heterocycles. The van der Waals surface area contributed by atoms with Gasteiger partial charge in [-0.05, 0) is 11.5 Å². The second-order valence-electron chi connectivity index (χ2n) is 3.27. The fourth-order valence-corrected chi connectivity index (χ4v) is 0.838. The Morgan fingerprint density at radius 1 is 0.938 bits per heavy atom. The maximum Gasteiger partial charge on any atom is 0.0108 e. The highest BCUT2D eigenvalue weighted by Crippen LogP contribution is 2.11. The molecule has 0 bridgehead atoms. The molecule has 0 amide bonds. The Balaban J connectivity index is -0.000000206. The minimum absolute atomic E-state index is 0.659. The van der Waals surface area contributed by atoms with Crippen LogP contribution in [0.5, 0.6) is 0 Å². The van der Waals surface area contributed by atoms with Crippen LogP contribution in [0, 0.1) is 0 Å². The Bertz CT molecular complexity index is 180. The Kier molecular flexibility index (Phi) is 26.1. The normalized spacial score (nSPS) is 7.56. The van der Waals surface area contributed by atoms with E-state index in [1.54, 1.807) is 0 Å². The Morgan fingerprint density at radius 2 is 1.25 bits per heavy atom. The maximum absolute atomic E-state index is 4.64. The monoisotopic (exact) mass is 244 g/mol. The number of hydrogen-bond acceptors (Lipinski definition) is 0. The van der Waals surface area contributed by atoms with Crippen LogP contribution in [0.2, 0.25) is 0 Å². The highest BCUT2D eigenvalue weighted by molar-refractivity contribution is 6.15. The van der Waals surface area contributed by atoms with E-state index in [1.165, 1.54) is 18.4 Å². The lowest BCUT2D eigenvalue weighted by atomic mass is 10.0. The molecule has 0 aliphatic carbocycles. The van der Waals surface area contributed by atoms with Crippen molar-refractivity contribution in [1.29, 1.82) is 0 Å². The van der Waals surface area contributed by atoms with E-state index in [2.05, 4.69) is 63.6 Å². The second-order valence-corrected chi connectivity index (χ2v) is 3.27. The van der Waals surface area contributed by atoms with Gasteiger partial charge in [-0.15, -0.1) is 11.6 Å². The van der Waals surface area contributed by atoms with Crippen molar-refractivity contribution < 1.29 is 0 Å². The van der Waals surface area contributed by atoms with E-state index >= 15 is 0 Å². The van der Waals surface area contributed by atoms with Crippen molar-refractivity contribution >= 4 is 11.6 Å². The summed E-state index contributed by atoms with van der Waals surface area (Å²) in [6.45, 7) is 12.7. The molecule has 0 atom stereocenters. The van der Waals surface area contributed by atoms with Crippen LogP contribution in [0.3, 0.4) is 0 Å².